The van der Waals surface area contributed by atoms with Gasteiger partial charge in [0, 0.05) is 12.3 Å². The molecule has 4 nitrogen and oxygen atoms in total. The van der Waals surface area contributed by atoms with Gasteiger partial charge in [0.15, 0.2) is 5.56 Å². The van der Waals surface area contributed by atoms with E-state index in [4.69, 9.17) is 83.2 Å². The molecule has 0 aliphatic rings. The Hall–Kier alpha value is 1.85. The minimum atomic E-state index is -3.93. The van der Waals surface area contributed by atoms with Crippen LogP contribution in [0.1, 0.15) is 13.3 Å². The Morgan fingerprint density at radius 1 is 1.10 bits per heavy atom. The number of hydrogen-bond donors (Lipinski definition) is 0. The molecule has 0 N–H and O–H groups in total. The smallest absolute Gasteiger partial charge is 0.287 e. The molecule has 0 aromatic carbocycles. The standard InChI is InChI=1S/C9H15Cl6O4P/c1-6(11)9(15)19-20(16,17-3-2-8(13)14)18-5-7(12)4-10/h6-9H,2-5H2,1H3. The molecule has 0 saturated carbocycles. The lowest BCUT2D eigenvalue weighted by atomic mass is 10.5. The quantitative estimate of drug-likeness (QED) is 0.326. The molecule has 0 amide bonds. The van der Waals surface area contributed by atoms with Crippen molar-refractivity contribution >= 4 is 77.4 Å². The van der Waals surface area contributed by atoms with Crippen LogP contribution < -0.4 is 0 Å². The van der Waals surface area contributed by atoms with E-state index in [-0.39, 0.29) is 25.5 Å². The van der Waals surface area contributed by atoms with Crippen LogP contribution in [0.5, 0.6) is 0 Å². The zero-order valence-electron chi connectivity index (χ0n) is 10.5. The Kier molecular flexibility index (Phi) is 12.4. The number of halogens is 6. The summed E-state index contributed by atoms with van der Waals surface area (Å²) in [5.41, 5.74) is -1.06. The molecule has 0 radical (unpaired) electrons. The van der Waals surface area contributed by atoms with Crippen molar-refractivity contribution in [2.24, 2.45) is 0 Å². The van der Waals surface area contributed by atoms with E-state index < -0.39 is 29.0 Å². The maximum Gasteiger partial charge on any atom is 0.476 e. The molecule has 0 saturated heterocycles. The van der Waals surface area contributed by atoms with Crippen LogP contribution in [0.25, 0.3) is 0 Å². The van der Waals surface area contributed by atoms with Crippen LogP contribution >= 0.6 is 77.4 Å². The third-order valence-electron chi connectivity index (χ3n) is 1.76. The molecule has 0 aliphatic carbocycles. The number of hydrogen-bond acceptors (Lipinski definition) is 4. The molecule has 20 heavy (non-hydrogen) atoms. The van der Waals surface area contributed by atoms with E-state index in [0.717, 1.165) is 0 Å². The van der Waals surface area contributed by atoms with Crippen LogP contribution in [0.3, 0.4) is 0 Å². The number of phosphoric acid groups is 1. The van der Waals surface area contributed by atoms with Crippen LogP contribution in [-0.4, -0.2) is 40.2 Å². The Bertz CT molecular complexity index is 306. The summed E-state index contributed by atoms with van der Waals surface area (Å²) in [6, 6.07) is 0. The third kappa shape index (κ3) is 10.6. The van der Waals surface area contributed by atoms with Crippen molar-refractivity contribution in [2.75, 3.05) is 19.1 Å². The first kappa shape index (κ1) is 21.9. The van der Waals surface area contributed by atoms with Gasteiger partial charge in [0.1, 0.15) is 4.84 Å². The molecule has 0 spiro atoms. The second kappa shape index (κ2) is 11.4. The summed E-state index contributed by atoms with van der Waals surface area (Å²) >= 11 is 33.9. The van der Waals surface area contributed by atoms with Crippen LogP contribution in [0.4, 0.5) is 0 Å². The molecule has 0 aromatic heterocycles. The topological polar surface area (TPSA) is 44.8 Å². The summed E-state index contributed by atoms with van der Waals surface area (Å²) in [6.45, 7) is 1.40. The second-order valence-corrected chi connectivity index (χ2v) is 8.58. The highest BCUT2D eigenvalue weighted by Gasteiger charge is 2.33. The van der Waals surface area contributed by atoms with Gasteiger partial charge in [-0.05, 0) is 6.92 Å². The van der Waals surface area contributed by atoms with Crippen LogP contribution in [0.2, 0.25) is 0 Å². The molecule has 0 aliphatic heterocycles. The molecule has 0 aromatic rings. The molecule has 122 valence electrons. The molecule has 11 heteroatoms. The average Bonchev–Trinajstić information content (AvgIpc) is 2.35. The Labute approximate surface area is 148 Å². The fourth-order valence-corrected chi connectivity index (χ4v) is 2.93. The summed E-state index contributed by atoms with van der Waals surface area (Å²) in [5, 5.41) is -1.15. The summed E-state index contributed by atoms with van der Waals surface area (Å²) in [6.07, 6.45) is 0.239. The van der Waals surface area contributed by atoms with Crippen molar-refractivity contribution < 1.29 is 18.1 Å². The maximum absolute atomic E-state index is 12.3. The van der Waals surface area contributed by atoms with E-state index in [1.807, 2.05) is 0 Å². The van der Waals surface area contributed by atoms with Crippen LogP contribution in [0.15, 0.2) is 0 Å². The zero-order chi connectivity index (χ0) is 15.8. The Balaban J connectivity index is 4.53. The predicted octanol–water partition coefficient (Wildman–Crippen LogP) is 5.38. The number of alkyl halides is 6. The van der Waals surface area contributed by atoms with E-state index in [0.29, 0.717) is 0 Å². The molecule has 0 fully saturated rings. The first-order valence-corrected chi connectivity index (χ1v) is 9.71. The van der Waals surface area contributed by atoms with E-state index in [9.17, 15) is 4.57 Å². The van der Waals surface area contributed by atoms with Crippen molar-refractivity contribution in [3.05, 3.63) is 0 Å². The fraction of sp³-hybridized carbons (Fsp3) is 1.00. The Morgan fingerprint density at radius 2 is 1.70 bits per heavy atom. The highest BCUT2D eigenvalue weighted by atomic mass is 35.5. The molecule has 4 unspecified atom stereocenters. The summed E-state index contributed by atoms with van der Waals surface area (Å²) in [7, 11) is -3.93. The number of phosphoric ester groups is 1. The largest absolute Gasteiger partial charge is 0.476 e. The minimum Gasteiger partial charge on any atom is -0.287 e. The van der Waals surface area contributed by atoms with E-state index >= 15 is 0 Å². The van der Waals surface area contributed by atoms with Gasteiger partial charge in [-0.2, -0.15) is 0 Å². The fourth-order valence-electron chi connectivity index (χ4n) is 0.776. The number of rotatable bonds is 11. The van der Waals surface area contributed by atoms with Gasteiger partial charge in [-0.25, -0.2) is 4.57 Å². The highest BCUT2D eigenvalue weighted by molar-refractivity contribution is 7.48. The second-order valence-electron chi connectivity index (χ2n) is 3.64. The average molecular weight is 431 g/mol. The lowest BCUT2D eigenvalue weighted by Crippen LogP contribution is -2.18. The van der Waals surface area contributed by atoms with E-state index in [1.165, 1.54) is 0 Å². The molecular formula is C9H15Cl6O4P. The van der Waals surface area contributed by atoms with E-state index in [2.05, 4.69) is 0 Å². The summed E-state index contributed by atoms with van der Waals surface area (Å²) < 4.78 is 27.5. The summed E-state index contributed by atoms with van der Waals surface area (Å²) in [5.74, 6) is 0.114. The van der Waals surface area contributed by atoms with Gasteiger partial charge in [-0.1, -0.05) is 11.6 Å². The van der Waals surface area contributed by atoms with Gasteiger partial charge < -0.3 is 0 Å². The van der Waals surface area contributed by atoms with Gasteiger partial charge in [-0.15, -0.1) is 58.0 Å². The molecule has 4 atom stereocenters. The van der Waals surface area contributed by atoms with Gasteiger partial charge in [-0.3, -0.25) is 13.6 Å². The molecule has 0 bridgehead atoms. The SMILES string of the molecule is CC(Cl)C(Cl)OP(=O)(OCCC(Cl)Cl)OCC(Cl)CCl. The summed E-state index contributed by atoms with van der Waals surface area (Å²) in [4.78, 5) is -0.661. The van der Waals surface area contributed by atoms with Crippen LogP contribution in [-0.2, 0) is 18.1 Å². The lowest BCUT2D eigenvalue weighted by molar-refractivity contribution is 0.103. The third-order valence-corrected chi connectivity index (χ3v) is 5.40. The predicted molar refractivity (Wildman–Crippen MR) is 86.0 cm³/mol. The minimum absolute atomic E-state index is 0.0386. The molecule has 0 rings (SSSR count). The van der Waals surface area contributed by atoms with Gasteiger partial charge >= 0.3 is 7.82 Å². The monoisotopic (exact) mass is 428 g/mol. The van der Waals surface area contributed by atoms with Crippen molar-refractivity contribution in [3.8, 4) is 0 Å². The van der Waals surface area contributed by atoms with E-state index in [1.54, 1.807) is 6.92 Å². The normalized spacial score (nSPS) is 19.6. The first-order chi connectivity index (χ1) is 9.20. The molecular weight excluding hydrogens is 416 g/mol. The van der Waals surface area contributed by atoms with Crippen LogP contribution in [0, 0.1) is 0 Å². The first-order valence-electron chi connectivity index (χ1n) is 5.54. The zero-order valence-corrected chi connectivity index (χ0v) is 15.9. The van der Waals surface area contributed by atoms with Crippen molar-refractivity contribution in [1.82, 2.24) is 0 Å². The van der Waals surface area contributed by atoms with Gasteiger partial charge in [0.2, 0.25) is 0 Å². The highest BCUT2D eigenvalue weighted by Crippen LogP contribution is 2.52. The Morgan fingerprint density at radius 3 is 2.15 bits per heavy atom. The van der Waals surface area contributed by atoms with Crippen molar-refractivity contribution in [1.29, 1.82) is 0 Å². The molecule has 0 heterocycles. The van der Waals surface area contributed by atoms with Gasteiger partial charge in [0.25, 0.3) is 0 Å². The van der Waals surface area contributed by atoms with Gasteiger partial charge in [0.05, 0.1) is 24.0 Å². The lowest BCUT2D eigenvalue weighted by Gasteiger charge is -2.22. The maximum atomic E-state index is 12.3. The van der Waals surface area contributed by atoms with Crippen molar-refractivity contribution in [2.45, 2.75) is 34.5 Å². The van der Waals surface area contributed by atoms with Crippen molar-refractivity contribution in [3.63, 3.8) is 0 Å².